The molecule has 140 valence electrons. The van der Waals surface area contributed by atoms with Crippen molar-refractivity contribution in [3.05, 3.63) is 68.2 Å². The van der Waals surface area contributed by atoms with E-state index in [0.717, 1.165) is 29.9 Å². The predicted molar refractivity (Wildman–Crippen MR) is 105 cm³/mol. The van der Waals surface area contributed by atoms with Crippen LogP contribution in [-0.2, 0) is 11.3 Å². The van der Waals surface area contributed by atoms with Gasteiger partial charge in [0.25, 0.3) is 5.91 Å². The number of carbonyl (C=O) groups excluding carboxylic acids is 1. The van der Waals surface area contributed by atoms with E-state index in [2.05, 4.69) is 0 Å². The van der Waals surface area contributed by atoms with E-state index in [4.69, 9.17) is 9.15 Å². The van der Waals surface area contributed by atoms with Crippen molar-refractivity contribution in [1.82, 2.24) is 4.90 Å². The number of rotatable bonds is 5. The number of amides is 1. The molecule has 6 heteroatoms. The van der Waals surface area contributed by atoms with Gasteiger partial charge in [-0.25, -0.2) is 0 Å². The van der Waals surface area contributed by atoms with E-state index < -0.39 is 0 Å². The summed E-state index contributed by atoms with van der Waals surface area (Å²) in [4.78, 5) is 28.4. The van der Waals surface area contributed by atoms with Crippen LogP contribution < -0.4 is 5.43 Å². The summed E-state index contributed by atoms with van der Waals surface area (Å²) in [5.41, 5.74) is 1.22. The number of hydrogen-bond donors (Lipinski definition) is 0. The molecule has 0 unspecified atom stereocenters. The fourth-order valence-electron chi connectivity index (χ4n) is 3.37. The van der Waals surface area contributed by atoms with Crippen LogP contribution in [0.1, 0.15) is 33.8 Å². The molecule has 1 atom stereocenters. The summed E-state index contributed by atoms with van der Waals surface area (Å²) in [5.74, 6) is -0.202. The van der Waals surface area contributed by atoms with Gasteiger partial charge in [0.15, 0.2) is 11.2 Å². The number of ether oxygens (including phenoxy) is 1. The van der Waals surface area contributed by atoms with E-state index >= 15 is 0 Å². The number of fused-ring (bicyclic) bond motifs is 1. The summed E-state index contributed by atoms with van der Waals surface area (Å²) in [6.45, 7) is 3.63. The largest absolute Gasteiger partial charge is 0.451 e. The van der Waals surface area contributed by atoms with E-state index in [-0.39, 0.29) is 23.2 Å². The molecule has 0 bridgehead atoms. The highest BCUT2D eigenvalue weighted by Crippen LogP contribution is 2.21. The summed E-state index contributed by atoms with van der Waals surface area (Å²) in [7, 11) is 0. The van der Waals surface area contributed by atoms with Crippen LogP contribution in [0.5, 0.6) is 0 Å². The van der Waals surface area contributed by atoms with Crippen molar-refractivity contribution >= 4 is 28.2 Å². The molecule has 5 nitrogen and oxygen atoms in total. The Morgan fingerprint density at radius 2 is 2.19 bits per heavy atom. The first-order valence-electron chi connectivity index (χ1n) is 9.08. The van der Waals surface area contributed by atoms with Crippen molar-refractivity contribution in [1.29, 1.82) is 0 Å². The third kappa shape index (κ3) is 3.96. The van der Waals surface area contributed by atoms with Gasteiger partial charge >= 0.3 is 0 Å². The van der Waals surface area contributed by atoms with Crippen molar-refractivity contribution in [3.8, 4) is 0 Å². The Balaban J connectivity index is 1.67. The van der Waals surface area contributed by atoms with Gasteiger partial charge in [-0.3, -0.25) is 9.59 Å². The van der Waals surface area contributed by atoms with Gasteiger partial charge in [-0.05, 0) is 48.9 Å². The first-order chi connectivity index (χ1) is 13.1. The molecule has 1 saturated heterocycles. The topological polar surface area (TPSA) is 59.8 Å². The highest BCUT2D eigenvalue weighted by Gasteiger charge is 2.26. The van der Waals surface area contributed by atoms with E-state index in [1.54, 1.807) is 28.4 Å². The van der Waals surface area contributed by atoms with Crippen LogP contribution in [0.25, 0.3) is 11.0 Å². The van der Waals surface area contributed by atoms with Gasteiger partial charge in [-0.15, -0.1) is 11.3 Å². The van der Waals surface area contributed by atoms with E-state index in [1.165, 1.54) is 6.07 Å². The second kappa shape index (κ2) is 7.66. The Labute approximate surface area is 161 Å². The maximum Gasteiger partial charge on any atom is 0.290 e. The number of hydrogen-bond acceptors (Lipinski definition) is 5. The molecule has 1 fully saturated rings. The average molecular weight is 383 g/mol. The number of nitrogens with zero attached hydrogens (tertiary/aromatic N) is 1. The van der Waals surface area contributed by atoms with E-state index in [0.29, 0.717) is 24.1 Å². The number of thiophene rings is 1. The van der Waals surface area contributed by atoms with Crippen molar-refractivity contribution < 1.29 is 13.9 Å². The molecule has 0 N–H and O–H groups in total. The lowest BCUT2D eigenvalue weighted by Crippen LogP contribution is -2.37. The molecule has 0 radical (unpaired) electrons. The van der Waals surface area contributed by atoms with Crippen molar-refractivity contribution in [2.24, 2.45) is 0 Å². The maximum absolute atomic E-state index is 13.2. The van der Waals surface area contributed by atoms with Crippen molar-refractivity contribution in [3.63, 3.8) is 0 Å². The number of benzene rings is 1. The fraction of sp³-hybridized carbons (Fsp3) is 0.333. The molecule has 3 aromatic rings. The number of carbonyl (C=O) groups is 1. The zero-order valence-corrected chi connectivity index (χ0v) is 16.0. The minimum Gasteiger partial charge on any atom is -0.451 e. The molecule has 27 heavy (non-hydrogen) atoms. The zero-order chi connectivity index (χ0) is 18.8. The molecule has 2 aromatic heterocycles. The van der Waals surface area contributed by atoms with Gasteiger partial charge in [0, 0.05) is 24.1 Å². The number of aryl methyl sites for hydroxylation is 1. The van der Waals surface area contributed by atoms with Crippen LogP contribution in [0.3, 0.4) is 0 Å². The zero-order valence-electron chi connectivity index (χ0n) is 15.1. The van der Waals surface area contributed by atoms with Crippen LogP contribution in [0.4, 0.5) is 0 Å². The molecule has 0 saturated carbocycles. The maximum atomic E-state index is 13.2. The summed E-state index contributed by atoms with van der Waals surface area (Å²) in [6, 6.07) is 10.7. The van der Waals surface area contributed by atoms with Crippen molar-refractivity contribution in [2.75, 3.05) is 13.2 Å². The fourth-order valence-corrected chi connectivity index (χ4v) is 4.09. The van der Waals surface area contributed by atoms with E-state index in [9.17, 15) is 9.59 Å². The minimum atomic E-state index is -0.278. The van der Waals surface area contributed by atoms with Gasteiger partial charge in [0.05, 0.1) is 18.0 Å². The smallest absolute Gasteiger partial charge is 0.290 e. The standard InChI is InChI=1S/C21H21NO4S/c1-14-6-7-17-18(23)11-20(26-19(17)10-14)21(24)22(12-15-4-2-8-25-15)13-16-5-3-9-27-16/h3,5-7,9-11,15H,2,4,8,12-13H2,1H3/t15-/m1/s1. The molecule has 1 aromatic carbocycles. The van der Waals surface area contributed by atoms with Crippen LogP contribution in [0, 0.1) is 6.92 Å². The van der Waals surface area contributed by atoms with E-state index in [1.807, 2.05) is 30.5 Å². The molecule has 3 heterocycles. The van der Waals surface area contributed by atoms with Gasteiger partial charge in [0.1, 0.15) is 5.58 Å². The Hall–Kier alpha value is -2.44. The van der Waals surface area contributed by atoms with Crippen LogP contribution in [0.2, 0.25) is 0 Å². The molecule has 1 aliphatic heterocycles. The second-order valence-corrected chi connectivity index (χ2v) is 7.91. The lowest BCUT2D eigenvalue weighted by Gasteiger charge is -2.24. The van der Waals surface area contributed by atoms with Gasteiger partial charge in [-0.1, -0.05) is 12.1 Å². The highest BCUT2D eigenvalue weighted by molar-refractivity contribution is 7.09. The molecular weight excluding hydrogens is 362 g/mol. The Morgan fingerprint density at radius 3 is 2.93 bits per heavy atom. The van der Waals surface area contributed by atoms with Gasteiger partial charge in [0.2, 0.25) is 0 Å². The quantitative estimate of drug-likeness (QED) is 0.669. The molecule has 1 aliphatic rings. The summed E-state index contributed by atoms with van der Waals surface area (Å²) in [5, 5.41) is 2.48. The predicted octanol–water partition coefficient (Wildman–Crippen LogP) is 3.98. The monoisotopic (exact) mass is 383 g/mol. The third-order valence-corrected chi connectivity index (χ3v) is 5.62. The molecule has 1 amide bonds. The van der Waals surface area contributed by atoms with Crippen LogP contribution in [0.15, 0.2) is 51.0 Å². The average Bonchev–Trinajstić information content (AvgIpc) is 3.34. The van der Waals surface area contributed by atoms with Crippen LogP contribution in [-0.4, -0.2) is 30.1 Å². The Morgan fingerprint density at radius 1 is 1.30 bits per heavy atom. The molecule has 0 aliphatic carbocycles. The summed E-state index contributed by atoms with van der Waals surface area (Å²) in [6.07, 6.45) is 1.98. The van der Waals surface area contributed by atoms with Crippen molar-refractivity contribution in [2.45, 2.75) is 32.4 Å². The SMILES string of the molecule is Cc1ccc2c(=O)cc(C(=O)N(Cc3cccs3)C[C@H]3CCCO3)oc2c1. The van der Waals surface area contributed by atoms with Gasteiger partial charge < -0.3 is 14.1 Å². The lowest BCUT2D eigenvalue weighted by molar-refractivity contribution is 0.0486. The summed E-state index contributed by atoms with van der Waals surface area (Å²) >= 11 is 1.60. The first kappa shape index (κ1) is 17.9. The molecule has 4 rings (SSSR count). The Bertz CT molecular complexity index is 1000. The first-order valence-corrected chi connectivity index (χ1v) is 9.96. The second-order valence-electron chi connectivity index (χ2n) is 6.87. The normalized spacial score (nSPS) is 16.7. The lowest BCUT2D eigenvalue weighted by atomic mass is 10.1. The summed E-state index contributed by atoms with van der Waals surface area (Å²) < 4.78 is 11.5. The third-order valence-electron chi connectivity index (χ3n) is 4.76. The molecular formula is C21H21NO4S. The van der Waals surface area contributed by atoms with Gasteiger partial charge in [-0.2, -0.15) is 0 Å². The minimum absolute atomic E-state index is 0.0309. The highest BCUT2D eigenvalue weighted by atomic mass is 32.1. The molecule has 0 spiro atoms. The Kier molecular flexibility index (Phi) is 5.09. The van der Waals surface area contributed by atoms with Crippen LogP contribution >= 0.6 is 11.3 Å².